The van der Waals surface area contributed by atoms with Crippen molar-refractivity contribution in [2.75, 3.05) is 31.9 Å². The quantitative estimate of drug-likeness (QED) is 0.761. The van der Waals surface area contributed by atoms with Crippen molar-refractivity contribution < 1.29 is 0 Å². The second-order valence-corrected chi connectivity index (χ2v) is 7.38. The summed E-state index contributed by atoms with van der Waals surface area (Å²) in [5.74, 6) is 2.28. The topological polar surface area (TPSA) is 15.3 Å². The highest BCUT2D eigenvalue weighted by Gasteiger charge is 2.21. The van der Waals surface area contributed by atoms with Gasteiger partial charge in [-0.1, -0.05) is 13.8 Å². The molecule has 2 nitrogen and oxygen atoms in total. The van der Waals surface area contributed by atoms with Gasteiger partial charge in [-0.05, 0) is 57.8 Å². The third-order valence-electron chi connectivity index (χ3n) is 4.16. The Morgan fingerprint density at radius 3 is 2.65 bits per heavy atom. The van der Waals surface area contributed by atoms with Crippen LogP contribution in [0.4, 0.5) is 0 Å². The van der Waals surface area contributed by atoms with Crippen LogP contribution < -0.4 is 5.32 Å². The number of rotatable bonds is 5. The Hall–Kier alpha value is 0.270. The largest absolute Gasteiger partial charge is 0.313 e. The molecule has 0 amide bonds. The van der Waals surface area contributed by atoms with Crippen LogP contribution in [0.5, 0.6) is 0 Å². The van der Waals surface area contributed by atoms with Crippen molar-refractivity contribution in [2.45, 2.75) is 50.8 Å². The summed E-state index contributed by atoms with van der Waals surface area (Å²) >= 11 is 2.12. The first-order valence-corrected chi connectivity index (χ1v) is 8.36. The van der Waals surface area contributed by atoms with Gasteiger partial charge in [0.25, 0.3) is 0 Å². The van der Waals surface area contributed by atoms with E-state index in [0.29, 0.717) is 0 Å². The average Bonchev–Trinajstić information content (AvgIpc) is 2.73. The molecule has 2 atom stereocenters. The summed E-state index contributed by atoms with van der Waals surface area (Å²) in [4.78, 5) is 2.65. The van der Waals surface area contributed by atoms with Crippen LogP contribution in [0, 0.1) is 5.92 Å². The maximum absolute atomic E-state index is 3.71. The van der Waals surface area contributed by atoms with E-state index < -0.39 is 0 Å². The van der Waals surface area contributed by atoms with Crippen molar-refractivity contribution in [1.29, 1.82) is 0 Å². The van der Waals surface area contributed by atoms with Crippen LogP contribution in [0.25, 0.3) is 0 Å². The zero-order chi connectivity index (χ0) is 12.1. The summed E-state index contributed by atoms with van der Waals surface area (Å²) in [6.07, 6.45) is 5.50. The lowest BCUT2D eigenvalue weighted by molar-refractivity contribution is 0.190. The Morgan fingerprint density at radius 1 is 1.24 bits per heavy atom. The molecule has 2 unspecified atom stereocenters. The van der Waals surface area contributed by atoms with E-state index in [1.54, 1.807) is 0 Å². The summed E-state index contributed by atoms with van der Waals surface area (Å²) in [5, 5.41) is 4.58. The van der Waals surface area contributed by atoms with Gasteiger partial charge in [-0.15, -0.1) is 0 Å². The van der Waals surface area contributed by atoms with E-state index >= 15 is 0 Å². The minimum absolute atomic E-state index is 0.788. The van der Waals surface area contributed by atoms with Gasteiger partial charge in [-0.25, -0.2) is 0 Å². The molecule has 17 heavy (non-hydrogen) atoms. The van der Waals surface area contributed by atoms with Crippen molar-refractivity contribution in [2.24, 2.45) is 5.92 Å². The molecule has 0 aromatic carbocycles. The molecule has 2 rings (SSSR count). The molecule has 2 heterocycles. The molecule has 0 saturated carbocycles. The second-order valence-electron chi connectivity index (χ2n) is 5.91. The Kier molecular flexibility index (Phi) is 5.64. The zero-order valence-electron chi connectivity index (χ0n) is 11.5. The highest BCUT2D eigenvalue weighted by Crippen LogP contribution is 2.25. The SMILES string of the molecule is CC1CCN(CCCNC2CSC(C)C2)CC1. The zero-order valence-corrected chi connectivity index (χ0v) is 12.3. The van der Waals surface area contributed by atoms with Crippen LogP contribution in [0.2, 0.25) is 0 Å². The van der Waals surface area contributed by atoms with Crippen LogP contribution >= 0.6 is 11.8 Å². The van der Waals surface area contributed by atoms with Crippen LogP contribution in [-0.4, -0.2) is 48.1 Å². The van der Waals surface area contributed by atoms with Crippen molar-refractivity contribution >= 4 is 11.8 Å². The van der Waals surface area contributed by atoms with Gasteiger partial charge in [0.1, 0.15) is 0 Å². The molecule has 2 saturated heterocycles. The summed E-state index contributed by atoms with van der Waals surface area (Å²) in [6.45, 7) is 9.91. The summed E-state index contributed by atoms with van der Waals surface area (Å²) in [5.41, 5.74) is 0. The molecule has 0 aliphatic carbocycles. The molecule has 0 spiro atoms. The minimum atomic E-state index is 0.788. The highest BCUT2D eigenvalue weighted by molar-refractivity contribution is 8.00. The fourth-order valence-electron chi connectivity index (χ4n) is 2.85. The van der Waals surface area contributed by atoms with E-state index in [4.69, 9.17) is 0 Å². The second kappa shape index (κ2) is 7.01. The standard InChI is InChI=1S/C14H28N2S/c1-12-4-8-16(9-5-12)7-3-6-15-14-10-13(2)17-11-14/h12-15H,3-11H2,1-2H3. The Bertz CT molecular complexity index is 214. The van der Waals surface area contributed by atoms with E-state index in [2.05, 4.69) is 35.8 Å². The lowest BCUT2D eigenvalue weighted by atomic mass is 9.99. The van der Waals surface area contributed by atoms with Crippen molar-refractivity contribution in [3.63, 3.8) is 0 Å². The first-order chi connectivity index (χ1) is 8.24. The van der Waals surface area contributed by atoms with Gasteiger partial charge in [0, 0.05) is 17.0 Å². The van der Waals surface area contributed by atoms with E-state index in [-0.39, 0.29) is 0 Å². The molecular weight excluding hydrogens is 228 g/mol. The normalized spacial score (nSPS) is 32.1. The van der Waals surface area contributed by atoms with Gasteiger partial charge in [0.2, 0.25) is 0 Å². The van der Waals surface area contributed by atoms with Crippen molar-refractivity contribution in [3.8, 4) is 0 Å². The predicted molar refractivity (Wildman–Crippen MR) is 77.8 cm³/mol. The summed E-state index contributed by atoms with van der Waals surface area (Å²) < 4.78 is 0. The fourth-order valence-corrected chi connectivity index (χ4v) is 4.04. The first-order valence-electron chi connectivity index (χ1n) is 7.31. The molecule has 0 bridgehead atoms. The van der Waals surface area contributed by atoms with E-state index in [1.807, 2.05) is 0 Å². The van der Waals surface area contributed by atoms with Gasteiger partial charge in [0.15, 0.2) is 0 Å². The van der Waals surface area contributed by atoms with Crippen molar-refractivity contribution in [1.82, 2.24) is 10.2 Å². The van der Waals surface area contributed by atoms with Gasteiger partial charge < -0.3 is 10.2 Å². The van der Waals surface area contributed by atoms with Gasteiger partial charge in [0.05, 0.1) is 0 Å². The molecule has 0 aromatic heterocycles. The molecule has 0 aromatic rings. The highest BCUT2D eigenvalue weighted by atomic mass is 32.2. The van der Waals surface area contributed by atoms with Crippen LogP contribution in [0.15, 0.2) is 0 Å². The van der Waals surface area contributed by atoms with E-state index in [1.165, 1.54) is 57.6 Å². The van der Waals surface area contributed by atoms with Crippen molar-refractivity contribution in [3.05, 3.63) is 0 Å². The third kappa shape index (κ3) is 4.80. The summed E-state index contributed by atoms with van der Waals surface area (Å²) in [7, 11) is 0. The molecule has 2 fully saturated rings. The number of likely N-dealkylation sites (tertiary alicyclic amines) is 1. The maximum atomic E-state index is 3.71. The predicted octanol–water partition coefficient (Wildman–Crippen LogP) is 2.59. The lowest BCUT2D eigenvalue weighted by Crippen LogP contribution is -2.36. The molecule has 2 aliphatic heterocycles. The minimum Gasteiger partial charge on any atom is -0.313 e. The molecule has 1 N–H and O–H groups in total. The maximum Gasteiger partial charge on any atom is 0.0168 e. The molecule has 2 aliphatic rings. The third-order valence-corrected chi connectivity index (χ3v) is 5.52. The number of nitrogens with zero attached hydrogens (tertiary/aromatic N) is 1. The number of piperidine rings is 1. The summed E-state index contributed by atoms with van der Waals surface area (Å²) in [6, 6.07) is 0.788. The first kappa shape index (κ1) is 13.7. The average molecular weight is 256 g/mol. The Morgan fingerprint density at radius 2 is 2.00 bits per heavy atom. The van der Waals surface area contributed by atoms with Crippen LogP contribution in [0.3, 0.4) is 0 Å². The Labute approximate surface area is 111 Å². The van der Waals surface area contributed by atoms with E-state index in [0.717, 1.165) is 17.2 Å². The number of nitrogens with one attached hydrogen (secondary N) is 1. The van der Waals surface area contributed by atoms with Gasteiger partial charge in [-0.3, -0.25) is 0 Å². The molecule has 0 radical (unpaired) electrons. The van der Waals surface area contributed by atoms with Gasteiger partial charge >= 0.3 is 0 Å². The Balaban J connectivity index is 1.49. The number of thioether (sulfide) groups is 1. The molecular formula is C14H28N2S. The van der Waals surface area contributed by atoms with Crippen LogP contribution in [-0.2, 0) is 0 Å². The lowest BCUT2D eigenvalue weighted by Gasteiger charge is -2.30. The van der Waals surface area contributed by atoms with Crippen LogP contribution in [0.1, 0.15) is 39.5 Å². The molecule has 3 heteroatoms. The van der Waals surface area contributed by atoms with E-state index in [9.17, 15) is 0 Å². The smallest absolute Gasteiger partial charge is 0.0168 e. The monoisotopic (exact) mass is 256 g/mol. The fraction of sp³-hybridized carbons (Fsp3) is 1.00. The van der Waals surface area contributed by atoms with Gasteiger partial charge in [-0.2, -0.15) is 11.8 Å². The number of hydrogen-bond donors (Lipinski definition) is 1. The number of hydrogen-bond acceptors (Lipinski definition) is 3. The molecule has 100 valence electrons.